The van der Waals surface area contributed by atoms with Gasteiger partial charge in [-0.3, -0.25) is 9.59 Å². The smallest absolute Gasteiger partial charge is 0.232 e. The number of amides is 2. The van der Waals surface area contributed by atoms with E-state index in [1.54, 1.807) is 7.11 Å². The summed E-state index contributed by atoms with van der Waals surface area (Å²) in [5, 5.41) is 0. The van der Waals surface area contributed by atoms with Crippen molar-refractivity contribution in [2.24, 2.45) is 5.41 Å². The Morgan fingerprint density at radius 1 is 1.32 bits per heavy atom. The van der Waals surface area contributed by atoms with E-state index in [1.165, 1.54) is 11.8 Å². The summed E-state index contributed by atoms with van der Waals surface area (Å²) < 4.78 is 5.28. The molecule has 0 aromatic heterocycles. The Kier molecular flexibility index (Phi) is 5.57. The van der Waals surface area contributed by atoms with Crippen molar-refractivity contribution in [2.75, 3.05) is 38.8 Å². The van der Waals surface area contributed by atoms with Crippen molar-refractivity contribution in [3.63, 3.8) is 0 Å². The number of thioether (sulfide) groups is 1. The van der Waals surface area contributed by atoms with Crippen LogP contribution in [0, 0.1) is 5.41 Å². The Bertz CT molecular complexity index is 651. The minimum atomic E-state index is -0.370. The van der Waals surface area contributed by atoms with Gasteiger partial charge in [-0.25, -0.2) is 0 Å². The SMILES string of the molecule is COc1cccc(CN2CCC[C@@]3(CCN(C(=O)CSC)C3)C2=O)c1. The van der Waals surface area contributed by atoms with E-state index >= 15 is 0 Å². The number of methoxy groups -OCH3 is 1. The van der Waals surface area contributed by atoms with E-state index in [9.17, 15) is 9.59 Å². The molecule has 1 spiro atoms. The zero-order chi connectivity index (χ0) is 17.9. The third kappa shape index (κ3) is 3.78. The first-order valence-electron chi connectivity index (χ1n) is 8.77. The summed E-state index contributed by atoms with van der Waals surface area (Å²) in [5.74, 6) is 1.67. The van der Waals surface area contributed by atoms with Crippen molar-refractivity contribution in [2.45, 2.75) is 25.8 Å². The van der Waals surface area contributed by atoms with Gasteiger partial charge < -0.3 is 14.5 Å². The molecule has 0 saturated carbocycles. The van der Waals surface area contributed by atoms with Gasteiger partial charge in [-0.05, 0) is 43.2 Å². The maximum atomic E-state index is 13.2. The van der Waals surface area contributed by atoms with E-state index in [1.807, 2.05) is 40.3 Å². The fourth-order valence-electron chi connectivity index (χ4n) is 3.97. The fourth-order valence-corrected chi connectivity index (χ4v) is 4.40. The molecule has 0 aliphatic carbocycles. The van der Waals surface area contributed by atoms with Gasteiger partial charge in [0, 0.05) is 26.2 Å². The predicted molar refractivity (Wildman–Crippen MR) is 99.7 cm³/mol. The van der Waals surface area contributed by atoms with Gasteiger partial charge in [-0.2, -0.15) is 11.8 Å². The summed E-state index contributed by atoms with van der Waals surface area (Å²) >= 11 is 1.54. The van der Waals surface area contributed by atoms with Crippen molar-refractivity contribution >= 4 is 23.6 Å². The Balaban J connectivity index is 1.70. The Morgan fingerprint density at radius 2 is 2.16 bits per heavy atom. The topological polar surface area (TPSA) is 49.9 Å². The molecule has 3 rings (SSSR count). The molecule has 2 saturated heterocycles. The summed E-state index contributed by atoms with van der Waals surface area (Å²) in [5.41, 5.74) is 0.712. The molecule has 1 aromatic rings. The number of benzene rings is 1. The Hall–Kier alpha value is -1.69. The molecule has 0 bridgehead atoms. The summed E-state index contributed by atoms with van der Waals surface area (Å²) in [6, 6.07) is 7.88. The van der Waals surface area contributed by atoms with Gasteiger partial charge in [0.1, 0.15) is 5.75 Å². The first-order chi connectivity index (χ1) is 12.1. The number of piperidine rings is 1. The molecule has 2 fully saturated rings. The van der Waals surface area contributed by atoms with E-state index in [4.69, 9.17) is 4.74 Å². The quantitative estimate of drug-likeness (QED) is 0.807. The first kappa shape index (κ1) is 18.1. The molecule has 25 heavy (non-hydrogen) atoms. The molecular weight excluding hydrogens is 336 g/mol. The number of hydrogen-bond donors (Lipinski definition) is 0. The van der Waals surface area contributed by atoms with Crippen LogP contribution in [0.15, 0.2) is 24.3 Å². The molecule has 5 nitrogen and oxygen atoms in total. The second-order valence-electron chi connectivity index (χ2n) is 6.96. The van der Waals surface area contributed by atoms with E-state index in [0.29, 0.717) is 25.4 Å². The molecule has 0 radical (unpaired) electrons. The van der Waals surface area contributed by atoms with Crippen LogP contribution < -0.4 is 4.74 Å². The van der Waals surface area contributed by atoms with E-state index < -0.39 is 0 Å². The van der Waals surface area contributed by atoms with Gasteiger partial charge in [0.2, 0.25) is 11.8 Å². The molecule has 2 amide bonds. The molecule has 1 aromatic carbocycles. The number of carbonyl (C=O) groups is 2. The second-order valence-corrected chi connectivity index (χ2v) is 7.83. The maximum Gasteiger partial charge on any atom is 0.232 e. The van der Waals surface area contributed by atoms with Gasteiger partial charge in [0.05, 0.1) is 18.3 Å². The Labute approximate surface area is 153 Å². The van der Waals surface area contributed by atoms with Crippen molar-refractivity contribution in [1.29, 1.82) is 0 Å². The third-order valence-electron chi connectivity index (χ3n) is 5.31. The van der Waals surface area contributed by atoms with Crippen LogP contribution in [0.3, 0.4) is 0 Å². The molecule has 0 N–H and O–H groups in total. The predicted octanol–water partition coefficient (Wildman–Crippen LogP) is 2.40. The lowest BCUT2D eigenvalue weighted by Crippen LogP contribution is -2.50. The van der Waals surface area contributed by atoms with Crippen LogP contribution in [0.1, 0.15) is 24.8 Å². The summed E-state index contributed by atoms with van der Waals surface area (Å²) in [6.45, 7) is 2.69. The van der Waals surface area contributed by atoms with Crippen molar-refractivity contribution < 1.29 is 14.3 Å². The number of hydrogen-bond acceptors (Lipinski definition) is 4. The molecule has 1 atom stereocenters. The van der Waals surface area contributed by atoms with Gasteiger partial charge in [-0.15, -0.1) is 0 Å². The van der Waals surface area contributed by atoms with Crippen LogP contribution in [0.5, 0.6) is 5.75 Å². The molecule has 0 unspecified atom stereocenters. The number of nitrogens with zero attached hydrogens (tertiary/aromatic N) is 2. The van der Waals surface area contributed by atoms with Gasteiger partial charge in [0.25, 0.3) is 0 Å². The van der Waals surface area contributed by atoms with Crippen LogP contribution in [0.4, 0.5) is 0 Å². The van der Waals surface area contributed by atoms with Crippen molar-refractivity contribution in [3.05, 3.63) is 29.8 Å². The third-order valence-corrected chi connectivity index (χ3v) is 5.84. The van der Waals surface area contributed by atoms with E-state index in [-0.39, 0.29) is 17.2 Å². The zero-order valence-corrected chi connectivity index (χ0v) is 15.8. The van der Waals surface area contributed by atoms with Crippen LogP contribution in [-0.2, 0) is 16.1 Å². The maximum absolute atomic E-state index is 13.2. The monoisotopic (exact) mass is 362 g/mol. The molecule has 2 aliphatic rings. The zero-order valence-electron chi connectivity index (χ0n) is 15.0. The summed E-state index contributed by atoms with van der Waals surface area (Å²) in [4.78, 5) is 29.2. The van der Waals surface area contributed by atoms with Crippen molar-refractivity contribution in [1.82, 2.24) is 9.80 Å². The second kappa shape index (κ2) is 7.68. The first-order valence-corrected chi connectivity index (χ1v) is 10.2. The largest absolute Gasteiger partial charge is 0.497 e. The molecule has 6 heteroatoms. The van der Waals surface area contributed by atoms with E-state index in [2.05, 4.69) is 0 Å². The molecule has 2 heterocycles. The highest BCUT2D eigenvalue weighted by Gasteiger charge is 2.49. The number of ether oxygens (including phenoxy) is 1. The fraction of sp³-hybridized carbons (Fsp3) is 0.579. The summed E-state index contributed by atoms with van der Waals surface area (Å²) in [7, 11) is 1.65. The molecule has 2 aliphatic heterocycles. The minimum Gasteiger partial charge on any atom is -0.497 e. The Morgan fingerprint density at radius 3 is 2.92 bits per heavy atom. The number of rotatable bonds is 5. The van der Waals surface area contributed by atoms with Crippen LogP contribution in [0.2, 0.25) is 0 Å². The molecule has 136 valence electrons. The van der Waals surface area contributed by atoms with Crippen LogP contribution in [-0.4, -0.2) is 60.4 Å². The lowest BCUT2D eigenvalue weighted by molar-refractivity contribution is -0.146. The normalized spacial score (nSPS) is 23.4. The number of carbonyl (C=O) groups excluding carboxylic acids is 2. The van der Waals surface area contributed by atoms with Crippen LogP contribution >= 0.6 is 11.8 Å². The van der Waals surface area contributed by atoms with Gasteiger partial charge in [-0.1, -0.05) is 12.1 Å². The molecular formula is C19H26N2O3S. The lowest BCUT2D eigenvalue weighted by Gasteiger charge is -2.39. The minimum absolute atomic E-state index is 0.155. The van der Waals surface area contributed by atoms with Crippen LogP contribution in [0.25, 0.3) is 0 Å². The summed E-state index contributed by atoms with van der Waals surface area (Å²) in [6.07, 6.45) is 4.62. The van der Waals surface area contributed by atoms with Gasteiger partial charge >= 0.3 is 0 Å². The highest BCUT2D eigenvalue weighted by atomic mass is 32.2. The highest BCUT2D eigenvalue weighted by molar-refractivity contribution is 7.99. The van der Waals surface area contributed by atoms with E-state index in [0.717, 1.165) is 37.1 Å². The average molecular weight is 362 g/mol. The average Bonchev–Trinajstić information content (AvgIpc) is 3.05. The highest BCUT2D eigenvalue weighted by Crippen LogP contribution is 2.40. The number of likely N-dealkylation sites (tertiary alicyclic amines) is 2. The van der Waals surface area contributed by atoms with Gasteiger partial charge in [0.15, 0.2) is 0 Å². The lowest BCUT2D eigenvalue weighted by atomic mass is 9.78. The van der Waals surface area contributed by atoms with Crippen molar-refractivity contribution in [3.8, 4) is 5.75 Å². The standard InChI is InChI=1S/C19H26N2O3S/c1-24-16-6-3-5-15(11-16)12-20-9-4-7-19(18(20)23)8-10-21(14-19)17(22)13-25-2/h3,5-6,11H,4,7-10,12-14H2,1-2H3/t19-/m0/s1.